The topological polar surface area (TPSA) is 173 Å². The Hall–Kier alpha value is -2.84. The van der Waals surface area contributed by atoms with E-state index < -0.39 is 43.9 Å². The van der Waals surface area contributed by atoms with Gasteiger partial charge in [-0.05, 0) is 0 Å². The van der Waals surface area contributed by atoms with Crippen molar-refractivity contribution in [3.05, 3.63) is 24.3 Å². The van der Waals surface area contributed by atoms with Gasteiger partial charge in [-0.1, -0.05) is 6.58 Å². The molecule has 32 heavy (non-hydrogen) atoms. The molecule has 2 N–H and O–H groups in total. The smallest absolute Gasteiger partial charge is 0.334 e. The van der Waals surface area contributed by atoms with E-state index >= 15 is 0 Å². The van der Waals surface area contributed by atoms with Crippen molar-refractivity contribution in [2.45, 2.75) is 6.42 Å². The van der Waals surface area contributed by atoms with E-state index in [1.54, 1.807) is 0 Å². The van der Waals surface area contributed by atoms with Crippen molar-refractivity contribution in [1.29, 1.82) is 0 Å². The van der Waals surface area contributed by atoms with E-state index in [0.29, 0.717) is 0 Å². The van der Waals surface area contributed by atoms with Gasteiger partial charge in [0.1, 0.15) is 13.2 Å². The summed E-state index contributed by atoms with van der Waals surface area (Å²) in [4.78, 5) is 46.8. The van der Waals surface area contributed by atoms with Gasteiger partial charge >= 0.3 is 23.9 Å². The Bertz CT molecular complexity index is 614. The van der Waals surface area contributed by atoms with E-state index in [1.165, 1.54) is 0 Å². The van der Waals surface area contributed by atoms with Crippen LogP contribution in [0.2, 0.25) is 0 Å². The number of ether oxygens (including phenoxy) is 7. The number of hydrogen-bond acceptors (Lipinski definition) is 13. The molecule has 0 radical (unpaired) electrons. The Morgan fingerprint density at radius 3 is 1.81 bits per heavy atom. The Kier molecular flexibility index (Phi) is 18.3. The van der Waals surface area contributed by atoms with Crippen LogP contribution >= 0.6 is 0 Å². The lowest BCUT2D eigenvalue weighted by atomic mass is 10.2. The van der Waals surface area contributed by atoms with Crippen molar-refractivity contribution in [2.24, 2.45) is 0 Å². The number of aliphatic hydroxyl groups is 2. The molecule has 0 fully saturated rings. The number of esters is 4. The maximum Gasteiger partial charge on any atom is 0.334 e. The number of carbonyl (C=O) groups excluding carboxylic acids is 4. The summed E-state index contributed by atoms with van der Waals surface area (Å²) >= 11 is 0. The summed E-state index contributed by atoms with van der Waals surface area (Å²) in [5, 5.41) is 17.2. The van der Waals surface area contributed by atoms with Crippen molar-refractivity contribution in [2.75, 3.05) is 66.4 Å². The fourth-order valence-electron chi connectivity index (χ4n) is 1.70. The molecule has 0 spiro atoms. The Morgan fingerprint density at radius 1 is 0.688 bits per heavy atom. The summed E-state index contributed by atoms with van der Waals surface area (Å²) < 4.78 is 33.6. The van der Waals surface area contributed by atoms with Crippen LogP contribution in [-0.4, -0.2) is 101 Å². The van der Waals surface area contributed by atoms with Gasteiger partial charge in [-0.15, -0.1) is 0 Å². The maximum absolute atomic E-state index is 12.2. The molecule has 0 rings (SSSR count). The van der Waals surface area contributed by atoms with Gasteiger partial charge in [0, 0.05) is 12.2 Å². The van der Waals surface area contributed by atoms with Crippen molar-refractivity contribution in [1.82, 2.24) is 0 Å². The molecule has 13 nitrogen and oxygen atoms in total. The fraction of sp³-hybridized carbons (Fsp3) is 0.579. The second-order valence-electron chi connectivity index (χ2n) is 5.45. The number of aliphatic hydroxyl groups excluding tert-OH is 2. The summed E-state index contributed by atoms with van der Waals surface area (Å²) in [6.45, 7) is 1.57. The normalized spacial score (nSPS) is 10.9. The van der Waals surface area contributed by atoms with E-state index in [4.69, 9.17) is 38.6 Å². The van der Waals surface area contributed by atoms with Crippen LogP contribution < -0.4 is 0 Å². The molecular formula is C19H28O13. The van der Waals surface area contributed by atoms with Gasteiger partial charge in [-0.3, -0.25) is 4.79 Å². The Labute approximate surface area is 184 Å². The summed E-state index contributed by atoms with van der Waals surface area (Å²) in [6.07, 6.45) is 1.06. The first kappa shape index (κ1) is 29.2. The molecule has 182 valence electrons. The van der Waals surface area contributed by atoms with Gasteiger partial charge in [-0.25, -0.2) is 14.4 Å². The average Bonchev–Trinajstić information content (AvgIpc) is 2.77. The van der Waals surface area contributed by atoms with Crippen LogP contribution in [0.1, 0.15) is 6.42 Å². The molecule has 0 aliphatic carbocycles. The van der Waals surface area contributed by atoms with E-state index in [0.717, 1.165) is 12.2 Å². The largest absolute Gasteiger partial charge is 0.463 e. The van der Waals surface area contributed by atoms with Gasteiger partial charge in [-0.2, -0.15) is 0 Å². The minimum atomic E-state index is -1.03. The third-order valence-electron chi connectivity index (χ3n) is 3.05. The highest BCUT2D eigenvalue weighted by atomic mass is 16.8. The Morgan fingerprint density at radius 2 is 1.25 bits per heavy atom. The summed E-state index contributed by atoms with van der Waals surface area (Å²) in [6, 6.07) is 0. The zero-order chi connectivity index (χ0) is 24.0. The highest BCUT2D eigenvalue weighted by Crippen LogP contribution is 2.07. The number of carbonyl (C=O) groups is 4. The van der Waals surface area contributed by atoms with Gasteiger partial charge in [0.25, 0.3) is 0 Å². The third kappa shape index (κ3) is 16.9. The van der Waals surface area contributed by atoms with Crippen molar-refractivity contribution >= 4 is 23.9 Å². The number of hydrogen-bond donors (Lipinski definition) is 2. The molecule has 0 aliphatic rings. The molecule has 13 heteroatoms. The SMILES string of the molecule is C=CC(=O)OCOCOC(=O)C=C(CC(=O)OCCOCCO)C(=O)OCCOCCO. The second kappa shape index (κ2) is 20.1. The quantitative estimate of drug-likeness (QED) is 0.0752. The van der Waals surface area contributed by atoms with Crippen molar-refractivity contribution in [3.8, 4) is 0 Å². The van der Waals surface area contributed by atoms with Gasteiger partial charge in [0.05, 0.1) is 51.6 Å². The molecule has 0 aromatic heterocycles. The minimum Gasteiger partial charge on any atom is -0.463 e. The predicted octanol–water partition coefficient (Wildman–Crippen LogP) is -1.39. The monoisotopic (exact) mass is 464 g/mol. The zero-order valence-corrected chi connectivity index (χ0v) is 17.5. The lowest BCUT2D eigenvalue weighted by molar-refractivity contribution is -0.170. The van der Waals surface area contributed by atoms with Gasteiger partial charge < -0.3 is 43.4 Å². The maximum atomic E-state index is 12.2. The van der Waals surface area contributed by atoms with Crippen LogP contribution in [0, 0.1) is 0 Å². The molecule has 0 aromatic carbocycles. The molecule has 0 aliphatic heterocycles. The zero-order valence-electron chi connectivity index (χ0n) is 17.5. The van der Waals surface area contributed by atoms with E-state index in [-0.39, 0.29) is 58.4 Å². The van der Waals surface area contributed by atoms with Crippen LogP contribution in [0.25, 0.3) is 0 Å². The summed E-state index contributed by atoms with van der Waals surface area (Å²) in [7, 11) is 0. The molecule has 0 unspecified atom stereocenters. The molecule has 0 aromatic rings. The molecule has 0 saturated carbocycles. The lowest BCUT2D eigenvalue weighted by Gasteiger charge is -2.10. The van der Waals surface area contributed by atoms with Crippen LogP contribution in [0.5, 0.6) is 0 Å². The van der Waals surface area contributed by atoms with E-state index in [1.807, 2.05) is 0 Å². The Balaban J connectivity index is 4.68. The van der Waals surface area contributed by atoms with Crippen LogP contribution in [0.15, 0.2) is 24.3 Å². The molecule has 0 saturated heterocycles. The van der Waals surface area contributed by atoms with Gasteiger partial charge in [0.2, 0.25) is 0 Å². The van der Waals surface area contributed by atoms with E-state index in [2.05, 4.69) is 11.3 Å². The highest BCUT2D eigenvalue weighted by Gasteiger charge is 2.19. The lowest BCUT2D eigenvalue weighted by Crippen LogP contribution is -2.19. The third-order valence-corrected chi connectivity index (χ3v) is 3.05. The summed E-state index contributed by atoms with van der Waals surface area (Å²) in [5.74, 6) is -3.58. The predicted molar refractivity (Wildman–Crippen MR) is 104 cm³/mol. The van der Waals surface area contributed by atoms with Crippen LogP contribution in [0.3, 0.4) is 0 Å². The molecular weight excluding hydrogens is 436 g/mol. The van der Waals surface area contributed by atoms with Crippen molar-refractivity contribution < 1.29 is 62.5 Å². The van der Waals surface area contributed by atoms with Crippen LogP contribution in [-0.2, 0) is 52.3 Å². The molecule has 0 amide bonds. The molecule has 0 heterocycles. The molecule has 0 bridgehead atoms. The second-order valence-corrected chi connectivity index (χ2v) is 5.45. The first-order chi connectivity index (χ1) is 15.4. The average molecular weight is 464 g/mol. The van der Waals surface area contributed by atoms with Gasteiger partial charge in [0.15, 0.2) is 13.6 Å². The first-order valence-electron chi connectivity index (χ1n) is 9.38. The van der Waals surface area contributed by atoms with Crippen molar-refractivity contribution in [3.63, 3.8) is 0 Å². The molecule has 0 atom stereocenters. The summed E-state index contributed by atoms with van der Waals surface area (Å²) in [5.41, 5.74) is -0.350. The minimum absolute atomic E-state index is 0.00601. The first-order valence-corrected chi connectivity index (χ1v) is 9.38. The van der Waals surface area contributed by atoms with E-state index in [9.17, 15) is 19.2 Å². The van der Waals surface area contributed by atoms with Crippen LogP contribution in [0.4, 0.5) is 0 Å². The highest BCUT2D eigenvalue weighted by molar-refractivity contribution is 5.99. The fourth-order valence-corrected chi connectivity index (χ4v) is 1.70. The number of rotatable bonds is 19. The standard InChI is InChI=1S/C19H28O13/c1-2-16(22)31-13-28-14-32-18(24)12-15(19(25)30-10-8-27-6-4-21)11-17(23)29-9-7-26-5-3-20/h2,12,20-21H,1,3-11,13-14H2.